The fraction of sp³-hybridized carbons (Fsp3) is 0.600. The molecule has 3 rings (SSSR count). The van der Waals surface area contributed by atoms with Crippen LogP contribution in [0.4, 0.5) is 23.2 Å². The highest BCUT2D eigenvalue weighted by molar-refractivity contribution is 5.90. The molecular weight excluding hydrogens is 392 g/mol. The molecule has 2 unspecified atom stereocenters. The van der Waals surface area contributed by atoms with E-state index < -0.39 is 12.1 Å². The van der Waals surface area contributed by atoms with Gasteiger partial charge in [0.15, 0.2) is 0 Å². The molecule has 5 nitrogen and oxygen atoms in total. The number of carbonyl (C=O) groups excluding carboxylic acids is 1. The smallest absolute Gasteiger partial charge is 0.475 e. The summed E-state index contributed by atoms with van der Waals surface area (Å²) < 4.78 is 44.9. The number of anilines is 1. The molecule has 2 fully saturated rings. The van der Waals surface area contributed by atoms with Gasteiger partial charge in [-0.1, -0.05) is 19.4 Å². The minimum Gasteiger partial charge on any atom is -0.475 e. The third kappa shape index (κ3) is 6.99. The summed E-state index contributed by atoms with van der Waals surface area (Å²) in [5.41, 5.74) is 0.557. The SMILES string of the molecule is CCN1CC2CCCC(C1)C2CC(=O)Nc1cccc(F)c1.O=C(O)C(F)(F)F. The maximum atomic E-state index is 13.2. The first-order valence-corrected chi connectivity index (χ1v) is 9.68. The number of aliphatic carboxylic acids is 1. The second kappa shape index (κ2) is 10.0. The second-order valence-corrected chi connectivity index (χ2v) is 7.53. The van der Waals surface area contributed by atoms with Crippen LogP contribution < -0.4 is 5.32 Å². The van der Waals surface area contributed by atoms with E-state index >= 15 is 0 Å². The summed E-state index contributed by atoms with van der Waals surface area (Å²) in [5.74, 6) is -1.27. The molecule has 9 heteroatoms. The summed E-state index contributed by atoms with van der Waals surface area (Å²) in [7, 11) is 0. The van der Waals surface area contributed by atoms with E-state index in [2.05, 4.69) is 17.1 Å². The van der Waals surface area contributed by atoms with Crippen molar-refractivity contribution < 1.29 is 32.3 Å². The van der Waals surface area contributed by atoms with Crippen molar-refractivity contribution in [3.8, 4) is 0 Å². The molecule has 1 saturated carbocycles. The molecule has 162 valence electrons. The number of carboxylic acids is 1. The van der Waals surface area contributed by atoms with Crippen molar-refractivity contribution in [1.82, 2.24) is 4.90 Å². The molecule has 0 spiro atoms. The van der Waals surface area contributed by atoms with Gasteiger partial charge in [0.25, 0.3) is 0 Å². The predicted molar refractivity (Wildman–Crippen MR) is 99.8 cm³/mol. The van der Waals surface area contributed by atoms with Gasteiger partial charge < -0.3 is 15.3 Å². The lowest BCUT2D eigenvalue weighted by Crippen LogP contribution is -2.49. The number of nitrogens with zero attached hydrogens (tertiary/aromatic N) is 1. The number of piperidine rings is 1. The highest BCUT2D eigenvalue weighted by Crippen LogP contribution is 2.41. The number of amides is 1. The maximum Gasteiger partial charge on any atom is 0.490 e. The van der Waals surface area contributed by atoms with E-state index in [1.165, 1.54) is 31.4 Å². The van der Waals surface area contributed by atoms with Gasteiger partial charge in [-0.15, -0.1) is 0 Å². The Bertz CT molecular complexity index is 697. The topological polar surface area (TPSA) is 69.6 Å². The molecular formula is C20H26F4N2O3. The van der Waals surface area contributed by atoms with Gasteiger partial charge in [-0.3, -0.25) is 4.79 Å². The molecule has 1 aliphatic heterocycles. The van der Waals surface area contributed by atoms with Gasteiger partial charge >= 0.3 is 12.1 Å². The number of likely N-dealkylation sites (tertiary alicyclic amines) is 1. The number of hydrogen-bond donors (Lipinski definition) is 2. The van der Waals surface area contributed by atoms with Crippen LogP contribution in [0.15, 0.2) is 24.3 Å². The fourth-order valence-corrected chi connectivity index (χ4v) is 4.23. The Morgan fingerprint density at radius 3 is 2.28 bits per heavy atom. The van der Waals surface area contributed by atoms with Gasteiger partial charge in [0.2, 0.25) is 5.91 Å². The van der Waals surface area contributed by atoms with E-state index in [1.54, 1.807) is 12.1 Å². The van der Waals surface area contributed by atoms with E-state index in [1.807, 2.05) is 0 Å². The van der Waals surface area contributed by atoms with Crippen LogP contribution in [0.25, 0.3) is 0 Å². The zero-order valence-corrected chi connectivity index (χ0v) is 16.2. The molecule has 0 aromatic heterocycles. The van der Waals surface area contributed by atoms with Crippen molar-refractivity contribution in [2.24, 2.45) is 17.8 Å². The summed E-state index contributed by atoms with van der Waals surface area (Å²) in [6.07, 6.45) is -0.728. The number of fused-ring (bicyclic) bond motifs is 2. The number of benzene rings is 1. The average molecular weight is 418 g/mol. The summed E-state index contributed by atoms with van der Waals surface area (Å²) in [6, 6.07) is 6.12. The average Bonchev–Trinajstić information content (AvgIpc) is 2.61. The normalized spacial score (nSPS) is 24.2. The van der Waals surface area contributed by atoms with Crippen molar-refractivity contribution >= 4 is 17.6 Å². The van der Waals surface area contributed by atoms with E-state index in [0.29, 0.717) is 29.9 Å². The minimum atomic E-state index is -5.08. The van der Waals surface area contributed by atoms with Crippen LogP contribution in [0.2, 0.25) is 0 Å². The van der Waals surface area contributed by atoms with E-state index in [0.717, 1.165) is 19.6 Å². The first kappa shape index (κ1) is 23.1. The molecule has 0 radical (unpaired) electrons. The first-order chi connectivity index (χ1) is 13.6. The Kier molecular flexibility index (Phi) is 8.01. The van der Waals surface area contributed by atoms with Crippen LogP contribution in [0.3, 0.4) is 0 Å². The van der Waals surface area contributed by atoms with Crippen molar-refractivity contribution in [3.63, 3.8) is 0 Å². The molecule has 1 aliphatic carbocycles. The molecule has 2 aliphatic rings. The number of carbonyl (C=O) groups is 2. The van der Waals surface area contributed by atoms with Gasteiger partial charge in [-0.2, -0.15) is 13.2 Å². The monoisotopic (exact) mass is 418 g/mol. The van der Waals surface area contributed by atoms with Crippen LogP contribution >= 0.6 is 0 Å². The summed E-state index contributed by atoms with van der Waals surface area (Å²) in [6.45, 7) is 5.58. The lowest BCUT2D eigenvalue weighted by Gasteiger charge is -2.47. The van der Waals surface area contributed by atoms with Crippen LogP contribution in [0, 0.1) is 23.6 Å². The quantitative estimate of drug-likeness (QED) is 0.721. The largest absolute Gasteiger partial charge is 0.490 e. The molecule has 1 aromatic rings. The summed E-state index contributed by atoms with van der Waals surface area (Å²) in [4.78, 5) is 23.7. The zero-order chi connectivity index (χ0) is 21.6. The Morgan fingerprint density at radius 1 is 1.21 bits per heavy atom. The molecule has 2 bridgehead atoms. The molecule has 1 aromatic carbocycles. The second-order valence-electron chi connectivity index (χ2n) is 7.53. The van der Waals surface area contributed by atoms with Gasteiger partial charge in [0.1, 0.15) is 5.82 Å². The maximum absolute atomic E-state index is 13.2. The molecule has 29 heavy (non-hydrogen) atoms. The first-order valence-electron chi connectivity index (χ1n) is 9.68. The standard InChI is InChI=1S/C18H25FN2O.C2HF3O2/c1-2-21-11-13-5-3-6-14(12-21)17(13)10-18(22)20-16-8-4-7-15(19)9-16;3-2(4,5)1(6)7/h4,7-9,13-14,17H,2-3,5-6,10-12H2,1H3,(H,20,22);(H,6,7). The minimum absolute atomic E-state index is 0.0254. The predicted octanol–water partition coefficient (Wildman–Crippen LogP) is 4.16. The highest BCUT2D eigenvalue weighted by Gasteiger charge is 2.40. The number of nitrogens with one attached hydrogen (secondary N) is 1. The number of alkyl halides is 3. The van der Waals surface area contributed by atoms with Crippen LogP contribution in [0.5, 0.6) is 0 Å². The molecule has 1 amide bonds. The van der Waals surface area contributed by atoms with Gasteiger partial charge in [0.05, 0.1) is 0 Å². The number of carboxylic acid groups (broad SMARTS) is 1. The number of halogens is 4. The van der Waals surface area contributed by atoms with Gasteiger partial charge in [0, 0.05) is 25.2 Å². The van der Waals surface area contributed by atoms with Crippen molar-refractivity contribution in [2.45, 2.75) is 38.8 Å². The Balaban J connectivity index is 0.000000370. The van der Waals surface area contributed by atoms with Crippen molar-refractivity contribution in [3.05, 3.63) is 30.1 Å². The van der Waals surface area contributed by atoms with Crippen molar-refractivity contribution in [1.29, 1.82) is 0 Å². The highest BCUT2D eigenvalue weighted by atomic mass is 19.4. The van der Waals surface area contributed by atoms with Crippen LogP contribution in [-0.2, 0) is 9.59 Å². The third-order valence-corrected chi connectivity index (χ3v) is 5.57. The molecule has 1 saturated heterocycles. The van der Waals surface area contributed by atoms with E-state index in [9.17, 15) is 22.4 Å². The Morgan fingerprint density at radius 2 is 1.79 bits per heavy atom. The molecule has 2 N–H and O–H groups in total. The molecule has 2 atom stereocenters. The Hall–Kier alpha value is -2.16. The van der Waals surface area contributed by atoms with Gasteiger partial charge in [-0.25, -0.2) is 9.18 Å². The van der Waals surface area contributed by atoms with E-state index in [-0.39, 0.29) is 11.7 Å². The van der Waals surface area contributed by atoms with E-state index in [4.69, 9.17) is 9.90 Å². The number of hydrogen-bond acceptors (Lipinski definition) is 3. The fourth-order valence-electron chi connectivity index (χ4n) is 4.23. The van der Waals surface area contributed by atoms with Crippen molar-refractivity contribution in [2.75, 3.05) is 25.0 Å². The summed E-state index contributed by atoms with van der Waals surface area (Å²) >= 11 is 0. The lowest BCUT2D eigenvalue weighted by atomic mass is 9.67. The third-order valence-electron chi connectivity index (χ3n) is 5.57. The van der Waals surface area contributed by atoms with Gasteiger partial charge in [-0.05, 0) is 55.3 Å². The van der Waals surface area contributed by atoms with Crippen LogP contribution in [-0.4, -0.2) is 47.7 Å². The lowest BCUT2D eigenvalue weighted by molar-refractivity contribution is -0.192. The van der Waals surface area contributed by atoms with Crippen LogP contribution in [0.1, 0.15) is 32.6 Å². The summed E-state index contributed by atoms with van der Waals surface area (Å²) in [5, 5.41) is 9.98. The zero-order valence-electron chi connectivity index (χ0n) is 16.2. The Labute approximate surface area is 167 Å². The molecule has 1 heterocycles. The number of rotatable bonds is 4.